The first-order valence-electron chi connectivity index (χ1n) is 9.09. The van der Waals surface area contributed by atoms with Gasteiger partial charge in [-0.1, -0.05) is 59.8 Å². The maximum atomic E-state index is 2.34. The third-order valence-corrected chi connectivity index (χ3v) is 4.44. The van der Waals surface area contributed by atoms with Gasteiger partial charge < -0.3 is 12.9 Å². The molecule has 120 valence electrons. The number of rotatable bonds is 14. The van der Waals surface area contributed by atoms with E-state index in [2.05, 4.69) is 27.7 Å². The molecule has 0 saturated carbocycles. The predicted molar refractivity (Wildman–Crippen MR) is 94.3 cm³/mol. The van der Waals surface area contributed by atoms with Crippen LogP contribution in [0.2, 0.25) is 0 Å². The van der Waals surface area contributed by atoms with Crippen LogP contribution in [0.1, 0.15) is 91.9 Å². The number of unbranched alkanes of at least 4 members (excludes halogenated alkanes) is 6. The van der Waals surface area contributed by atoms with Crippen molar-refractivity contribution in [1.82, 2.24) is 0 Å². The van der Waals surface area contributed by atoms with Crippen LogP contribution in [0.25, 0.3) is 0 Å². The van der Waals surface area contributed by atoms with E-state index in [0.717, 1.165) is 0 Å². The molecule has 0 rings (SSSR count). The van der Waals surface area contributed by atoms with E-state index in [4.69, 9.17) is 0 Å². The molecule has 0 fully saturated rings. The van der Waals surface area contributed by atoms with Crippen LogP contribution >= 0.6 is 0 Å². The SMILES string of the molecule is CCCCCC[N+](CCCC)(CCCC)CCCC.[B-]. The summed E-state index contributed by atoms with van der Waals surface area (Å²) < 4.78 is 1.43. The van der Waals surface area contributed by atoms with Gasteiger partial charge in [-0.2, -0.15) is 0 Å². The first-order chi connectivity index (χ1) is 9.24. The molecule has 20 heavy (non-hydrogen) atoms. The van der Waals surface area contributed by atoms with Gasteiger partial charge in [0.1, 0.15) is 0 Å². The average Bonchev–Trinajstić information content (AvgIpc) is 2.44. The molecule has 0 N–H and O–H groups in total. The van der Waals surface area contributed by atoms with E-state index >= 15 is 0 Å². The van der Waals surface area contributed by atoms with Gasteiger partial charge >= 0.3 is 0 Å². The molecule has 0 aliphatic rings. The smallest absolute Gasteiger partial charge is 0.0786 e. The van der Waals surface area contributed by atoms with Crippen LogP contribution in [0.3, 0.4) is 0 Å². The minimum absolute atomic E-state index is 0. The zero-order valence-corrected chi connectivity index (χ0v) is 14.9. The normalized spacial score (nSPS) is 11.4. The Hall–Kier alpha value is 0.0249. The molecule has 2 heteroatoms. The molecule has 0 aromatic rings. The molecule has 0 spiro atoms. The van der Waals surface area contributed by atoms with E-state index in [1.54, 1.807) is 0 Å². The van der Waals surface area contributed by atoms with Crippen LogP contribution in [0, 0.1) is 0 Å². The number of quaternary nitrogens is 1. The fourth-order valence-electron chi connectivity index (χ4n) is 3.03. The van der Waals surface area contributed by atoms with Gasteiger partial charge in [-0.3, -0.25) is 0 Å². The second kappa shape index (κ2) is 15.4. The fourth-order valence-corrected chi connectivity index (χ4v) is 3.03. The minimum Gasteiger partial charge on any atom is -1.00 e. The summed E-state index contributed by atoms with van der Waals surface area (Å²) in [6.45, 7) is 15.1. The number of hydrogen-bond acceptors (Lipinski definition) is 0. The molecule has 1 nitrogen and oxygen atoms in total. The molecule has 0 aliphatic heterocycles. The summed E-state index contributed by atoms with van der Waals surface area (Å²) in [5.74, 6) is 0. The lowest BCUT2D eigenvalue weighted by molar-refractivity contribution is -0.929. The predicted octanol–water partition coefficient (Wildman–Crippen LogP) is 5.40. The Kier molecular flexibility index (Phi) is 17.2. The lowest BCUT2D eigenvalue weighted by Crippen LogP contribution is -2.50. The van der Waals surface area contributed by atoms with Gasteiger partial charge in [0, 0.05) is 0 Å². The number of nitrogens with zero attached hydrogens (tertiary/aromatic N) is 1. The van der Waals surface area contributed by atoms with E-state index in [1.165, 1.54) is 94.9 Å². The van der Waals surface area contributed by atoms with Gasteiger partial charge in [-0.15, -0.1) is 0 Å². The average molecular weight is 281 g/mol. The zero-order chi connectivity index (χ0) is 14.4. The quantitative estimate of drug-likeness (QED) is 0.227. The molecular formula is C18H40BN. The van der Waals surface area contributed by atoms with Crippen molar-refractivity contribution in [3.05, 3.63) is 0 Å². The van der Waals surface area contributed by atoms with Crippen LogP contribution < -0.4 is 0 Å². The first kappa shape index (κ1) is 22.3. The summed E-state index contributed by atoms with van der Waals surface area (Å²) in [6.07, 6.45) is 14.0. The highest BCUT2D eigenvalue weighted by Crippen LogP contribution is 2.17. The van der Waals surface area contributed by atoms with Crippen LogP contribution in [0.4, 0.5) is 0 Å². The van der Waals surface area contributed by atoms with Crippen LogP contribution in [0.5, 0.6) is 0 Å². The lowest BCUT2D eigenvalue weighted by Gasteiger charge is -2.39. The monoisotopic (exact) mass is 281 g/mol. The Bertz CT molecular complexity index is 160. The van der Waals surface area contributed by atoms with Gasteiger partial charge in [0.15, 0.2) is 0 Å². The highest BCUT2D eigenvalue weighted by Gasteiger charge is 2.24. The van der Waals surface area contributed by atoms with E-state index in [1.807, 2.05) is 0 Å². The zero-order valence-electron chi connectivity index (χ0n) is 14.9. The van der Waals surface area contributed by atoms with Gasteiger partial charge in [0.2, 0.25) is 0 Å². The summed E-state index contributed by atoms with van der Waals surface area (Å²) in [4.78, 5) is 0. The van der Waals surface area contributed by atoms with Crippen LogP contribution in [-0.2, 0) is 0 Å². The second-order valence-electron chi connectivity index (χ2n) is 6.36. The molecule has 4 radical (unpaired) electrons. The Morgan fingerprint density at radius 2 is 0.800 bits per heavy atom. The molecule has 0 unspecified atom stereocenters. The third-order valence-electron chi connectivity index (χ3n) is 4.44. The standard InChI is InChI=1S/C18H40N.B/c1-5-9-13-14-18-19(15-10-6-2,16-11-7-3)17-12-8-4;/h5-18H2,1-4H3;/q+1;-1. The summed E-state index contributed by atoms with van der Waals surface area (Å²) >= 11 is 0. The maximum Gasteiger partial charge on any atom is 0.0786 e. The van der Waals surface area contributed by atoms with Crippen LogP contribution in [0.15, 0.2) is 0 Å². The topological polar surface area (TPSA) is 0 Å². The largest absolute Gasteiger partial charge is 1.00 e. The second-order valence-corrected chi connectivity index (χ2v) is 6.36. The molecule has 0 amide bonds. The summed E-state index contributed by atoms with van der Waals surface area (Å²) in [5.41, 5.74) is 0. The first-order valence-corrected chi connectivity index (χ1v) is 9.09. The molecule has 0 aliphatic carbocycles. The van der Waals surface area contributed by atoms with Crippen molar-refractivity contribution in [2.45, 2.75) is 91.9 Å². The van der Waals surface area contributed by atoms with Crippen LogP contribution in [-0.4, -0.2) is 39.1 Å². The van der Waals surface area contributed by atoms with E-state index in [0.29, 0.717) is 0 Å². The molecule has 0 bridgehead atoms. The van der Waals surface area contributed by atoms with Gasteiger partial charge in [0.05, 0.1) is 26.2 Å². The Morgan fingerprint density at radius 1 is 0.450 bits per heavy atom. The Balaban J connectivity index is 0. The molecule has 0 aromatic carbocycles. The van der Waals surface area contributed by atoms with Crippen molar-refractivity contribution >= 4 is 8.41 Å². The Labute approximate surface area is 131 Å². The maximum absolute atomic E-state index is 2.34. The minimum atomic E-state index is 0. The molecule has 0 aromatic heterocycles. The highest BCUT2D eigenvalue weighted by atomic mass is 15.3. The van der Waals surface area contributed by atoms with Gasteiger partial charge in [-0.05, 0) is 32.1 Å². The summed E-state index contributed by atoms with van der Waals surface area (Å²) in [6, 6.07) is 0. The lowest BCUT2D eigenvalue weighted by atomic mass is 10.1. The van der Waals surface area contributed by atoms with Crippen molar-refractivity contribution < 1.29 is 4.48 Å². The van der Waals surface area contributed by atoms with Crippen molar-refractivity contribution in [2.24, 2.45) is 0 Å². The van der Waals surface area contributed by atoms with E-state index in [9.17, 15) is 0 Å². The Morgan fingerprint density at radius 3 is 1.15 bits per heavy atom. The van der Waals surface area contributed by atoms with E-state index < -0.39 is 0 Å². The highest BCUT2D eigenvalue weighted by molar-refractivity contribution is 5.75. The summed E-state index contributed by atoms with van der Waals surface area (Å²) in [5, 5.41) is 0. The van der Waals surface area contributed by atoms with E-state index in [-0.39, 0.29) is 8.41 Å². The molecular weight excluding hydrogens is 241 g/mol. The van der Waals surface area contributed by atoms with Crippen molar-refractivity contribution in [3.8, 4) is 0 Å². The third kappa shape index (κ3) is 10.8. The number of hydrogen-bond donors (Lipinski definition) is 0. The fraction of sp³-hybridized carbons (Fsp3) is 1.00. The van der Waals surface area contributed by atoms with Gasteiger partial charge in [-0.25, -0.2) is 0 Å². The van der Waals surface area contributed by atoms with Crippen molar-refractivity contribution in [1.29, 1.82) is 0 Å². The van der Waals surface area contributed by atoms with Gasteiger partial charge in [0.25, 0.3) is 0 Å². The van der Waals surface area contributed by atoms with Crippen molar-refractivity contribution in [3.63, 3.8) is 0 Å². The van der Waals surface area contributed by atoms with Crippen molar-refractivity contribution in [2.75, 3.05) is 26.2 Å². The molecule has 0 heterocycles. The summed E-state index contributed by atoms with van der Waals surface area (Å²) in [7, 11) is 0. The molecule has 0 atom stereocenters. The molecule has 0 saturated heterocycles.